The van der Waals surface area contributed by atoms with E-state index in [1.807, 2.05) is 0 Å². The van der Waals surface area contributed by atoms with Crippen molar-refractivity contribution in [1.29, 1.82) is 0 Å². The van der Waals surface area contributed by atoms with Crippen molar-refractivity contribution in [1.82, 2.24) is 20.1 Å². The molecule has 4 N–H and O–H groups in total. The van der Waals surface area contributed by atoms with Crippen molar-refractivity contribution < 1.29 is 13.6 Å². The minimum atomic E-state index is -2.73. The van der Waals surface area contributed by atoms with Gasteiger partial charge < -0.3 is 16.4 Å². The number of nitrogens with zero attached hydrogens (tertiary/aromatic N) is 3. The summed E-state index contributed by atoms with van der Waals surface area (Å²) in [7, 11) is 1.38. The predicted octanol–water partition coefficient (Wildman–Crippen LogP) is 1.66. The van der Waals surface area contributed by atoms with Crippen molar-refractivity contribution in [2.75, 3.05) is 11.1 Å². The fourth-order valence-corrected chi connectivity index (χ4v) is 1.74. The Morgan fingerprint density at radius 2 is 2.29 bits per heavy atom. The molecule has 9 heteroatoms. The average molecular weight is 296 g/mol. The zero-order chi connectivity index (χ0) is 15.4. The molecular formula is C12H14F2N6O. The number of aromatic nitrogens is 3. The van der Waals surface area contributed by atoms with E-state index in [1.54, 1.807) is 12.1 Å². The predicted molar refractivity (Wildman–Crippen MR) is 72.7 cm³/mol. The van der Waals surface area contributed by atoms with E-state index in [4.69, 9.17) is 5.73 Å². The largest absolute Gasteiger partial charge is 0.383 e. The van der Waals surface area contributed by atoms with Crippen LogP contribution >= 0.6 is 0 Å². The molecule has 2 rings (SSSR count). The van der Waals surface area contributed by atoms with Gasteiger partial charge in [0.05, 0.1) is 11.9 Å². The van der Waals surface area contributed by atoms with Gasteiger partial charge in [0.25, 0.3) is 6.43 Å². The van der Waals surface area contributed by atoms with Gasteiger partial charge in [-0.3, -0.25) is 4.68 Å². The number of nitrogens with one attached hydrogen (secondary N) is 2. The summed E-state index contributed by atoms with van der Waals surface area (Å²) in [6, 6.07) is 2.76. The van der Waals surface area contributed by atoms with Crippen molar-refractivity contribution in [3.8, 4) is 0 Å². The third-order valence-corrected chi connectivity index (χ3v) is 2.81. The molecule has 21 heavy (non-hydrogen) atoms. The van der Waals surface area contributed by atoms with Gasteiger partial charge >= 0.3 is 6.03 Å². The third kappa shape index (κ3) is 3.44. The van der Waals surface area contributed by atoms with E-state index in [0.717, 1.165) is 4.68 Å². The van der Waals surface area contributed by atoms with E-state index in [0.29, 0.717) is 11.4 Å². The Morgan fingerprint density at radius 1 is 1.52 bits per heavy atom. The summed E-state index contributed by atoms with van der Waals surface area (Å²) in [6.45, 7) is 0.135. The van der Waals surface area contributed by atoms with Gasteiger partial charge in [0.1, 0.15) is 11.5 Å². The highest BCUT2D eigenvalue weighted by atomic mass is 19.3. The number of aryl methyl sites for hydroxylation is 1. The Kier molecular flexibility index (Phi) is 4.31. The van der Waals surface area contributed by atoms with Crippen molar-refractivity contribution >= 4 is 17.5 Å². The van der Waals surface area contributed by atoms with Crippen molar-refractivity contribution in [3.05, 3.63) is 35.8 Å². The number of urea groups is 1. The third-order valence-electron chi connectivity index (χ3n) is 2.81. The van der Waals surface area contributed by atoms with Crippen LogP contribution < -0.4 is 16.4 Å². The molecule has 0 aliphatic heterocycles. The monoisotopic (exact) mass is 296 g/mol. The molecule has 0 radical (unpaired) electrons. The van der Waals surface area contributed by atoms with Gasteiger partial charge in [0.15, 0.2) is 0 Å². The van der Waals surface area contributed by atoms with Gasteiger partial charge in [0.2, 0.25) is 0 Å². The molecule has 0 aliphatic carbocycles. The highest BCUT2D eigenvalue weighted by Gasteiger charge is 2.19. The summed E-state index contributed by atoms with van der Waals surface area (Å²) >= 11 is 0. The zero-order valence-electron chi connectivity index (χ0n) is 11.2. The highest BCUT2D eigenvalue weighted by molar-refractivity contribution is 5.89. The number of carbonyl (C=O) groups is 1. The number of amides is 2. The van der Waals surface area contributed by atoms with E-state index in [2.05, 4.69) is 20.7 Å². The summed E-state index contributed by atoms with van der Waals surface area (Å²) in [6.07, 6.45) is -0.0371. The molecule has 0 saturated carbocycles. The first-order valence-electron chi connectivity index (χ1n) is 6.03. The fraction of sp³-hybridized carbons (Fsp3) is 0.250. The molecule has 0 aromatic carbocycles. The quantitative estimate of drug-likeness (QED) is 0.799. The van der Waals surface area contributed by atoms with E-state index >= 15 is 0 Å². The Balaban J connectivity index is 1.98. The highest BCUT2D eigenvalue weighted by Crippen LogP contribution is 2.25. The molecule has 7 nitrogen and oxygen atoms in total. The summed E-state index contributed by atoms with van der Waals surface area (Å²) in [5, 5.41) is 8.53. The molecule has 0 saturated heterocycles. The molecule has 0 bridgehead atoms. The maximum atomic E-state index is 12.8. The van der Waals surface area contributed by atoms with Crippen molar-refractivity contribution in [2.45, 2.75) is 13.0 Å². The number of hydrogen-bond donors (Lipinski definition) is 3. The Hall–Kier alpha value is -2.71. The van der Waals surface area contributed by atoms with Crippen LogP contribution in [0.1, 0.15) is 17.7 Å². The Bertz CT molecular complexity index is 642. The van der Waals surface area contributed by atoms with E-state index < -0.39 is 12.5 Å². The Labute approximate surface area is 119 Å². The van der Waals surface area contributed by atoms with Crippen molar-refractivity contribution in [3.63, 3.8) is 0 Å². The molecule has 0 spiro atoms. The van der Waals surface area contributed by atoms with Gasteiger partial charge in [-0.15, -0.1) is 0 Å². The van der Waals surface area contributed by atoms with Crippen LogP contribution in [0.5, 0.6) is 0 Å². The standard InChI is InChI=1S/C12H14F2N6O/c1-20-9(10(13)14)8(6-18-20)19-12(21)17-5-7-3-2-4-16-11(7)15/h2-4,6,10H,5H2,1H3,(H2,15,16)(H2,17,19,21). The smallest absolute Gasteiger partial charge is 0.319 e. The molecular weight excluding hydrogens is 282 g/mol. The van der Waals surface area contributed by atoms with Crippen molar-refractivity contribution in [2.24, 2.45) is 7.05 Å². The molecule has 2 aromatic heterocycles. The SMILES string of the molecule is Cn1ncc(NC(=O)NCc2cccnc2N)c1C(F)F. The zero-order valence-corrected chi connectivity index (χ0v) is 11.2. The lowest BCUT2D eigenvalue weighted by Gasteiger charge is -2.09. The van der Waals surface area contributed by atoms with Gasteiger partial charge in [-0.2, -0.15) is 5.10 Å². The number of hydrogen-bond acceptors (Lipinski definition) is 4. The second kappa shape index (κ2) is 6.16. The maximum Gasteiger partial charge on any atom is 0.319 e. The molecule has 2 heterocycles. The van der Waals surface area contributed by atoms with Gasteiger partial charge in [-0.05, 0) is 6.07 Å². The maximum absolute atomic E-state index is 12.8. The summed E-state index contributed by atoms with van der Waals surface area (Å²) in [5.74, 6) is 0.299. The first-order chi connectivity index (χ1) is 9.99. The molecule has 0 fully saturated rings. The molecule has 0 aliphatic rings. The number of halogens is 2. The lowest BCUT2D eigenvalue weighted by atomic mass is 10.2. The normalized spacial score (nSPS) is 10.7. The number of nitrogens with two attached hydrogens (primary N) is 1. The lowest BCUT2D eigenvalue weighted by molar-refractivity contribution is 0.141. The van der Waals surface area contributed by atoms with E-state index in [1.165, 1.54) is 19.4 Å². The number of alkyl halides is 2. The van der Waals surface area contributed by atoms with Crippen LogP contribution in [0.25, 0.3) is 0 Å². The van der Waals surface area contributed by atoms with Gasteiger partial charge in [-0.25, -0.2) is 18.6 Å². The number of nitrogen functional groups attached to an aromatic ring is 1. The summed E-state index contributed by atoms with van der Waals surface area (Å²) in [5.41, 5.74) is 5.87. The topological polar surface area (TPSA) is 97.9 Å². The fourth-order valence-electron chi connectivity index (χ4n) is 1.74. The van der Waals surface area contributed by atoms with Crippen LogP contribution in [0, 0.1) is 0 Å². The van der Waals surface area contributed by atoms with Crippen LogP contribution in [-0.4, -0.2) is 20.8 Å². The summed E-state index contributed by atoms with van der Waals surface area (Å²) in [4.78, 5) is 15.6. The number of carbonyl (C=O) groups excluding carboxylic acids is 1. The molecule has 0 unspecified atom stereocenters. The summed E-state index contributed by atoms with van der Waals surface area (Å²) < 4.78 is 26.7. The van der Waals surface area contributed by atoms with Crippen LogP contribution in [0.4, 0.5) is 25.1 Å². The molecule has 0 atom stereocenters. The van der Waals surface area contributed by atoms with Crippen LogP contribution in [0.3, 0.4) is 0 Å². The van der Waals surface area contributed by atoms with Crippen LogP contribution in [0.2, 0.25) is 0 Å². The van der Waals surface area contributed by atoms with Gasteiger partial charge in [0, 0.05) is 25.4 Å². The Morgan fingerprint density at radius 3 is 2.95 bits per heavy atom. The van der Waals surface area contributed by atoms with E-state index in [9.17, 15) is 13.6 Å². The first-order valence-corrected chi connectivity index (χ1v) is 6.03. The molecule has 112 valence electrons. The second-order valence-corrected chi connectivity index (χ2v) is 4.22. The van der Waals surface area contributed by atoms with Crippen LogP contribution in [-0.2, 0) is 13.6 Å². The molecule has 2 aromatic rings. The number of anilines is 2. The lowest BCUT2D eigenvalue weighted by Crippen LogP contribution is -2.29. The van der Waals surface area contributed by atoms with Gasteiger partial charge in [-0.1, -0.05) is 6.07 Å². The number of rotatable bonds is 4. The minimum absolute atomic E-state index is 0.0378. The average Bonchev–Trinajstić information content (AvgIpc) is 2.79. The van der Waals surface area contributed by atoms with E-state index in [-0.39, 0.29) is 17.9 Å². The molecule has 2 amide bonds. The first kappa shape index (κ1) is 14.7. The van der Waals surface area contributed by atoms with Crippen LogP contribution in [0.15, 0.2) is 24.5 Å². The minimum Gasteiger partial charge on any atom is -0.383 e. The number of pyridine rings is 1. The second-order valence-electron chi connectivity index (χ2n) is 4.22.